The maximum Gasteiger partial charge on any atom is 0.488 e. The van der Waals surface area contributed by atoms with Crippen LogP contribution in [0.3, 0.4) is 0 Å². The maximum absolute atomic E-state index is 5.85. The van der Waals surface area contributed by atoms with Crippen LogP contribution in [-0.2, 0) is 6.54 Å². The fourth-order valence-corrected chi connectivity index (χ4v) is 2.90. The van der Waals surface area contributed by atoms with Crippen LogP contribution in [0.4, 0.5) is 11.4 Å². The van der Waals surface area contributed by atoms with E-state index in [0.29, 0.717) is 6.67 Å². The molecule has 2 aromatic rings. The van der Waals surface area contributed by atoms with Crippen LogP contribution in [0, 0.1) is 0 Å². The van der Waals surface area contributed by atoms with Crippen molar-refractivity contribution >= 4 is 17.3 Å². The van der Waals surface area contributed by atoms with Crippen molar-refractivity contribution in [2.75, 3.05) is 32.2 Å². The zero-order valence-electron chi connectivity index (χ0n) is 15.6. The van der Waals surface area contributed by atoms with Gasteiger partial charge in [0.1, 0.15) is 5.69 Å². The van der Waals surface area contributed by atoms with Crippen molar-refractivity contribution < 1.29 is 4.79 Å². The molecule has 0 saturated carbocycles. The molecule has 7 heteroatoms. The monoisotopic (exact) mass is 352 g/mol. The second-order valence-electron chi connectivity index (χ2n) is 6.32. The first kappa shape index (κ1) is 17.9. The Labute approximate surface area is 154 Å². The highest BCUT2D eigenvalue weighted by Gasteiger charge is 2.36. The first-order valence-corrected chi connectivity index (χ1v) is 8.73. The van der Waals surface area contributed by atoms with Crippen molar-refractivity contribution in [1.82, 2.24) is 15.0 Å². The molecule has 0 amide bonds. The minimum Gasteiger partial charge on any atom is -0.367 e. The van der Waals surface area contributed by atoms with Crippen LogP contribution in [0.5, 0.6) is 0 Å². The Balaban J connectivity index is 1.74. The topological polar surface area (TPSA) is 65.4 Å². The van der Waals surface area contributed by atoms with Gasteiger partial charge in [-0.1, -0.05) is 35.4 Å². The predicted molar refractivity (Wildman–Crippen MR) is 103 cm³/mol. The van der Waals surface area contributed by atoms with Crippen molar-refractivity contribution in [2.24, 2.45) is 11.0 Å². The second-order valence-corrected chi connectivity index (χ2v) is 6.32. The number of hydrogen-bond acceptors (Lipinski definition) is 4. The van der Waals surface area contributed by atoms with Crippen LogP contribution in [0.25, 0.3) is 0 Å². The van der Waals surface area contributed by atoms with Crippen molar-refractivity contribution in [1.29, 1.82) is 0 Å². The Hall–Kier alpha value is -2.86. The van der Waals surface area contributed by atoms with Crippen LogP contribution in [0.2, 0.25) is 0 Å². The van der Waals surface area contributed by atoms with Gasteiger partial charge in [-0.05, 0) is 41.9 Å². The Bertz CT molecular complexity index is 781. The van der Waals surface area contributed by atoms with E-state index in [4.69, 9.17) is 5.84 Å². The van der Waals surface area contributed by atoms with E-state index < -0.39 is 0 Å². The molecule has 2 N–H and O–H groups in total. The molecule has 0 radical (unpaired) electrons. The summed E-state index contributed by atoms with van der Waals surface area (Å²) in [5.74, 6) is 6.57. The summed E-state index contributed by atoms with van der Waals surface area (Å²) >= 11 is 0. The zero-order chi connectivity index (χ0) is 18.5. The van der Waals surface area contributed by atoms with E-state index in [1.54, 1.807) is 10.1 Å². The molecule has 3 rings (SSSR count). The molecule has 0 atom stereocenters. The molecule has 0 aromatic heterocycles. The van der Waals surface area contributed by atoms with Gasteiger partial charge in [-0.15, -0.1) is 4.79 Å². The van der Waals surface area contributed by atoms with Gasteiger partial charge in [0.2, 0.25) is 0 Å². The first-order valence-electron chi connectivity index (χ1n) is 8.73. The van der Waals surface area contributed by atoms with Gasteiger partial charge in [0.05, 0.1) is 14.1 Å². The fraction of sp³-hybridized carbons (Fsp3) is 0.316. The molecule has 1 heterocycles. The van der Waals surface area contributed by atoms with Gasteiger partial charge in [0.15, 0.2) is 6.67 Å². The molecular formula is C19H26N7+. The molecule has 7 nitrogen and oxygen atoms in total. The van der Waals surface area contributed by atoms with Crippen LogP contribution in [0.1, 0.15) is 12.5 Å². The summed E-state index contributed by atoms with van der Waals surface area (Å²) in [6, 6.07) is 18.6. The largest absolute Gasteiger partial charge is 0.488 e. The Morgan fingerprint density at radius 3 is 2.35 bits per heavy atom. The van der Waals surface area contributed by atoms with Crippen LogP contribution >= 0.6 is 0 Å². The summed E-state index contributed by atoms with van der Waals surface area (Å²) in [6.07, 6.45) is 0. The fourth-order valence-electron chi connectivity index (χ4n) is 2.90. The molecule has 1 aliphatic heterocycles. The average molecular weight is 352 g/mol. The molecular weight excluding hydrogens is 326 g/mol. The van der Waals surface area contributed by atoms with Gasteiger partial charge in [0.25, 0.3) is 0 Å². The standard InChI is InChI=1S/C19H26N7/c1-4-25(14-16-8-6-5-7-9-16)18-12-10-17(11-13-18)21-22-19-23(2)15-26(20)24(19)3/h5-13H,4,14-15,20H2,1-3H3/q+1. The van der Waals surface area contributed by atoms with Gasteiger partial charge < -0.3 is 4.90 Å². The third-order valence-corrected chi connectivity index (χ3v) is 4.44. The van der Waals surface area contributed by atoms with Crippen LogP contribution in [0.15, 0.2) is 59.7 Å². The van der Waals surface area contributed by atoms with Gasteiger partial charge in [-0.2, -0.15) is 5.01 Å². The second kappa shape index (κ2) is 8.01. The predicted octanol–water partition coefficient (Wildman–Crippen LogP) is 2.29. The van der Waals surface area contributed by atoms with Crippen molar-refractivity contribution in [3.63, 3.8) is 0 Å². The van der Waals surface area contributed by atoms with Crippen molar-refractivity contribution in [2.45, 2.75) is 13.5 Å². The average Bonchev–Trinajstić information content (AvgIpc) is 2.91. The lowest BCUT2D eigenvalue weighted by atomic mass is 10.2. The molecule has 0 bridgehead atoms. The van der Waals surface area contributed by atoms with E-state index >= 15 is 0 Å². The number of rotatable bonds is 5. The van der Waals surface area contributed by atoms with E-state index in [2.05, 4.69) is 58.1 Å². The summed E-state index contributed by atoms with van der Waals surface area (Å²) in [6.45, 7) is 4.58. The first-order chi connectivity index (χ1) is 12.6. The molecule has 1 fully saturated rings. The van der Waals surface area contributed by atoms with Crippen LogP contribution in [-0.4, -0.2) is 53.1 Å². The number of nitrogens with zero attached hydrogens (tertiary/aromatic N) is 6. The van der Waals surface area contributed by atoms with E-state index in [-0.39, 0.29) is 0 Å². The molecule has 0 unspecified atom stereocenters. The number of nitrogens with two attached hydrogens (primary N) is 1. The quantitative estimate of drug-likeness (QED) is 0.508. The lowest BCUT2D eigenvalue weighted by Gasteiger charge is -2.23. The Kier molecular flexibility index (Phi) is 5.53. The molecule has 0 spiro atoms. The van der Waals surface area contributed by atoms with Crippen molar-refractivity contribution in [3.8, 4) is 0 Å². The lowest BCUT2D eigenvalue weighted by molar-refractivity contribution is -0.106. The highest BCUT2D eigenvalue weighted by atomic mass is 15.8. The normalized spacial score (nSPS) is 14.5. The molecule has 26 heavy (non-hydrogen) atoms. The van der Waals surface area contributed by atoms with Gasteiger partial charge in [0, 0.05) is 18.8 Å². The Morgan fingerprint density at radius 1 is 1.08 bits per heavy atom. The lowest BCUT2D eigenvalue weighted by Crippen LogP contribution is -2.41. The highest BCUT2D eigenvalue weighted by Crippen LogP contribution is 2.21. The zero-order valence-corrected chi connectivity index (χ0v) is 15.6. The SMILES string of the molecule is CCN(Cc1ccccc1)c1ccc(N=[N+]=C2N(C)CN(N)N2C)cc1. The van der Waals surface area contributed by atoms with Gasteiger partial charge >= 0.3 is 5.96 Å². The third kappa shape index (κ3) is 4.03. The third-order valence-electron chi connectivity index (χ3n) is 4.44. The number of hydrazine groups is 2. The smallest absolute Gasteiger partial charge is 0.367 e. The Morgan fingerprint density at radius 2 is 1.77 bits per heavy atom. The summed E-state index contributed by atoms with van der Waals surface area (Å²) in [5, 5.41) is 7.70. The summed E-state index contributed by atoms with van der Waals surface area (Å²) in [5.41, 5.74) is 3.29. The molecule has 1 saturated heterocycles. The number of anilines is 1. The summed E-state index contributed by atoms with van der Waals surface area (Å²) in [7, 11) is 3.80. The summed E-state index contributed by atoms with van der Waals surface area (Å²) in [4.78, 5) is 8.60. The van der Waals surface area contributed by atoms with Gasteiger partial charge in [-0.25, -0.2) is 10.7 Å². The van der Waals surface area contributed by atoms with E-state index in [0.717, 1.165) is 24.7 Å². The van der Waals surface area contributed by atoms with E-state index in [1.807, 2.05) is 37.2 Å². The number of hydrogen-bond donors (Lipinski definition) is 1. The molecule has 136 valence electrons. The minimum absolute atomic E-state index is 0.592. The number of benzene rings is 2. The number of guanidine groups is 1. The van der Waals surface area contributed by atoms with Gasteiger partial charge in [-0.3, -0.25) is 0 Å². The maximum atomic E-state index is 5.85. The van der Waals surface area contributed by atoms with E-state index in [9.17, 15) is 0 Å². The van der Waals surface area contributed by atoms with Crippen LogP contribution < -0.4 is 10.7 Å². The highest BCUT2D eigenvalue weighted by molar-refractivity contribution is 5.74. The summed E-state index contributed by atoms with van der Waals surface area (Å²) < 4.78 is 0. The molecule has 0 aliphatic carbocycles. The van der Waals surface area contributed by atoms with Crippen molar-refractivity contribution in [3.05, 3.63) is 60.2 Å². The molecule has 1 aliphatic rings. The van der Waals surface area contributed by atoms with E-state index in [1.165, 1.54) is 11.3 Å². The molecule has 2 aromatic carbocycles. The minimum atomic E-state index is 0.592.